The Bertz CT molecular complexity index is 972. The van der Waals surface area contributed by atoms with E-state index in [1.54, 1.807) is 31.4 Å². The van der Waals surface area contributed by atoms with E-state index in [2.05, 4.69) is 25.3 Å². The molecule has 0 spiro atoms. The number of hydrogen-bond acceptors (Lipinski definition) is 7. The summed E-state index contributed by atoms with van der Waals surface area (Å²) in [4.78, 5) is 32.1. The molecular weight excluding hydrogens is 360 g/mol. The summed E-state index contributed by atoms with van der Waals surface area (Å²) < 4.78 is 9.91. The maximum Gasteiger partial charge on any atom is 0.337 e. The quantitative estimate of drug-likeness (QED) is 0.635. The van der Waals surface area contributed by atoms with E-state index < -0.39 is 11.9 Å². The summed E-state index contributed by atoms with van der Waals surface area (Å²) in [6.45, 7) is 0. The number of nitrogens with zero attached hydrogens (tertiary/aromatic N) is 2. The smallest absolute Gasteiger partial charge is 0.337 e. The van der Waals surface area contributed by atoms with E-state index in [1.165, 1.54) is 19.5 Å². The molecule has 0 saturated heterocycles. The molecule has 0 atom stereocenters. The second-order valence-electron chi connectivity index (χ2n) is 5.64. The van der Waals surface area contributed by atoms with Crippen molar-refractivity contribution in [2.75, 3.05) is 24.9 Å². The number of rotatable bonds is 6. The van der Waals surface area contributed by atoms with Gasteiger partial charge in [0, 0.05) is 5.69 Å². The van der Waals surface area contributed by atoms with Crippen molar-refractivity contribution in [3.8, 4) is 5.75 Å². The van der Waals surface area contributed by atoms with E-state index >= 15 is 0 Å². The number of hydrogen-bond donors (Lipinski definition) is 2. The third-order valence-electron chi connectivity index (χ3n) is 3.82. The SMILES string of the molecule is COC(=O)c1ccc(NC(=O)c2cnc(Nc3ccccc3OC)cn2)cc1. The van der Waals surface area contributed by atoms with Crippen molar-refractivity contribution in [1.29, 1.82) is 0 Å². The Kier molecular flexibility index (Phi) is 5.81. The Hall–Kier alpha value is -3.94. The average Bonchev–Trinajstić information content (AvgIpc) is 2.74. The zero-order valence-corrected chi connectivity index (χ0v) is 15.3. The predicted octanol–water partition coefficient (Wildman–Crippen LogP) is 3.27. The van der Waals surface area contributed by atoms with Crippen LogP contribution in [-0.4, -0.2) is 36.1 Å². The minimum absolute atomic E-state index is 0.155. The van der Waals surface area contributed by atoms with E-state index in [-0.39, 0.29) is 5.69 Å². The van der Waals surface area contributed by atoms with Crippen LogP contribution in [0.15, 0.2) is 60.9 Å². The number of aromatic nitrogens is 2. The summed E-state index contributed by atoms with van der Waals surface area (Å²) in [5.41, 5.74) is 1.81. The molecule has 0 radical (unpaired) electrons. The molecular formula is C20H18N4O4. The van der Waals surface area contributed by atoms with Crippen molar-refractivity contribution in [3.63, 3.8) is 0 Å². The monoisotopic (exact) mass is 378 g/mol. The fraction of sp³-hybridized carbons (Fsp3) is 0.100. The predicted molar refractivity (Wildman–Crippen MR) is 104 cm³/mol. The molecule has 0 aliphatic rings. The van der Waals surface area contributed by atoms with Gasteiger partial charge in [-0.3, -0.25) is 4.79 Å². The molecule has 28 heavy (non-hydrogen) atoms. The fourth-order valence-corrected chi connectivity index (χ4v) is 2.40. The van der Waals surface area contributed by atoms with Crippen LogP contribution in [0, 0.1) is 0 Å². The number of anilines is 3. The highest BCUT2D eigenvalue weighted by atomic mass is 16.5. The number of amides is 1. The third-order valence-corrected chi connectivity index (χ3v) is 3.82. The zero-order chi connectivity index (χ0) is 19.9. The second-order valence-corrected chi connectivity index (χ2v) is 5.64. The van der Waals surface area contributed by atoms with Gasteiger partial charge in [-0.25, -0.2) is 14.8 Å². The first-order valence-corrected chi connectivity index (χ1v) is 8.32. The lowest BCUT2D eigenvalue weighted by Crippen LogP contribution is -2.14. The fourth-order valence-electron chi connectivity index (χ4n) is 2.40. The van der Waals surface area contributed by atoms with Gasteiger partial charge in [0.1, 0.15) is 17.3 Å². The highest BCUT2D eigenvalue weighted by molar-refractivity contribution is 6.03. The number of benzene rings is 2. The number of ether oxygens (including phenoxy) is 2. The molecule has 0 aliphatic carbocycles. The number of carbonyl (C=O) groups excluding carboxylic acids is 2. The van der Waals surface area contributed by atoms with E-state index in [1.807, 2.05) is 24.3 Å². The van der Waals surface area contributed by atoms with Crippen LogP contribution in [0.1, 0.15) is 20.8 Å². The highest BCUT2D eigenvalue weighted by Crippen LogP contribution is 2.25. The summed E-state index contributed by atoms with van der Waals surface area (Å²) in [7, 11) is 2.89. The Labute approximate surface area is 161 Å². The summed E-state index contributed by atoms with van der Waals surface area (Å²) >= 11 is 0. The minimum atomic E-state index is -0.443. The van der Waals surface area contributed by atoms with Crippen LogP contribution in [0.5, 0.6) is 5.75 Å². The van der Waals surface area contributed by atoms with Gasteiger partial charge in [-0.05, 0) is 36.4 Å². The first-order valence-electron chi connectivity index (χ1n) is 8.32. The molecule has 2 N–H and O–H groups in total. The average molecular weight is 378 g/mol. The van der Waals surface area contributed by atoms with Crippen molar-refractivity contribution in [3.05, 3.63) is 72.2 Å². The normalized spacial score (nSPS) is 10.1. The largest absolute Gasteiger partial charge is 0.495 e. The highest BCUT2D eigenvalue weighted by Gasteiger charge is 2.11. The molecule has 0 fully saturated rings. The molecule has 0 saturated carbocycles. The molecule has 8 heteroatoms. The van der Waals surface area contributed by atoms with Gasteiger partial charge in [0.05, 0.1) is 37.9 Å². The Morgan fingerprint density at radius 2 is 1.68 bits per heavy atom. The molecule has 1 amide bonds. The van der Waals surface area contributed by atoms with Crippen LogP contribution in [0.4, 0.5) is 17.2 Å². The van der Waals surface area contributed by atoms with E-state index in [4.69, 9.17) is 4.74 Å². The molecule has 8 nitrogen and oxygen atoms in total. The Morgan fingerprint density at radius 3 is 2.32 bits per heavy atom. The van der Waals surface area contributed by atoms with Crippen molar-refractivity contribution in [1.82, 2.24) is 9.97 Å². The van der Waals surface area contributed by atoms with Crippen LogP contribution in [0.25, 0.3) is 0 Å². The van der Waals surface area contributed by atoms with Gasteiger partial charge in [0.15, 0.2) is 0 Å². The van der Waals surface area contributed by atoms with Crippen LogP contribution >= 0.6 is 0 Å². The lowest BCUT2D eigenvalue weighted by atomic mass is 10.2. The molecule has 3 aromatic rings. The topological polar surface area (TPSA) is 102 Å². The molecule has 0 unspecified atom stereocenters. The summed E-state index contributed by atoms with van der Waals surface area (Å²) in [6.07, 6.45) is 2.83. The molecule has 1 heterocycles. The molecule has 1 aromatic heterocycles. The number of nitrogens with one attached hydrogen (secondary N) is 2. The number of esters is 1. The Balaban J connectivity index is 1.66. The van der Waals surface area contributed by atoms with Crippen molar-refractivity contribution in [2.24, 2.45) is 0 Å². The minimum Gasteiger partial charge on any atom is -0.495 e. The summed E-state index contributed by atoms with van der Waals surface area (Å²) in [5, 5.41) is 5.78. The van der Waals surface area contributed by atoms with Gasteiger partial charge in [0.25, 0.3) is 5.91 Å². The third kappa shape index (κ3) is 4.42. The van der Waals surface area contributed by atoms with Gasteiger partial charge in [-0.2, -0.15) is 0 Å². The van der Waals surface area contributed by atoms with Gasteiger partial charge < -0.3 is 20.1 Å². The van der Waals surface area contributed by atoms with Crippen LogP contribution in [-0.2, 0) is 4.74 Å². The molecule has 2 aromatic carbocycles. The first-order chi connectivity index (χ1) is 13.6. The Morgan fingerprint density at radius 1 is 0.929 bits per heavy atom. The summed E-state index contributed by atoms with van der Waals surface area (Å²) in [6, 6.07) is 13.7. The van der Waals surface area contributed by atoms with Gasteiger partial charge in [0.2, 0.25) is 0 Å². The second kappa shape index (κ2) is 8.63. The van der Waals surface area contributed by atoms with E-state index in [0.29, 0.717) is 22.8 Å². The molecule has 142 valence electrons. The molecule has 3 rings (SSSR count). The van der Waals surface area contributed by atoms with Crippen LogP contribution in [0.3, 0.4) is 0 Å². The van der Waals surface area contributed by atoms with Crippen molar-refractivity contribution in [2.45, 2.75) is 0 Å². The standard InChI is InChI=1S/C20H18N4O4/c1-27-17-6-4-3-5-15(17)24-18-12-21-16(11-22-18)19(25)23-14-9-7-13(8-10-14)20(26)28-2/h3-12H,1-2H3,(H,22,24)(H,23,25). The first kappa shape index (κ1) is 18.8. The van der Waals surface area contributed by atoms with Crippen molar-refractivity contribution < 1.29 is 19.1 Å². The lowest BCUT2D eigenvalue weighted by Gasteiger charge is -2.10. The number of methoxy groups -OCH3 is 2. The number of carbonyl (C=O) groups is 2. The summed E-state index contributed by atoms with van der Waals surface area (Å²) in [5.74, 6) is 0.286. The molecule has 0 aliphatic heterocycles. The number of para-hydroxylation sites is 2. The van der Waals surface area contributed by atoms with E-state index in [0.717, 1.165) is 5.69 Å². The van der Waals surface area contributed by atoms with Crippen molar-refractivity contribution >= 4 is 29.1 Å². The zero-order valence-electron chi connectivity index (χ0n) is 15.3. The molecule has 0 bridgehead atoms. The van der Waals surface area contributed by atoms with Gasteiger partial charge in [-0.1, -0.05) is 12.1 Å². The maximum absolute atomic E-state index is 12.3. The lowest BCUT2D eigenvalue weighted by molar-refractivity contribution is 0.0600. The van der Waals surface area contributed by atoms with E-state index in [9.17, 15) is 9.59 Å². The van der Waals surface area contributed by atoms with Crippen LogP contribution < -0.4 is 15.4 Å². The van der Waals surface area contributed by atoms with Gasteiger partial charge in [-0.15, -0.1) is 0 Å². The van der Waals surface area contributed by atoms with Gasteiger partial charge >= 0.3 is 5.97 Å². The van der Waals surface area contributed by atoms with Crippen LogP contribution in [0.2, 0.25) is 0 Å². The maximum atomic E-state index is 12.3.